The van der Waals surface area contributed by atoms with Crippen molar-refractivity contribution in [3.63, 3.8) is 0 Å². The molecule has 28 heavy (non-hydrogen) atoms. The van der Waals surface area contributed by atoms with Gasteiger partial charge in [-0.25, -0.2) is 9.18 Å². The summed E-state index contributed by atoms with van der Waals surface area (Å²) in [4.78, 5) is 24.0. The second-order valence-electron chi connectivity index (χ2n) is 6.28. The molecular weight excluding hydrogens is 361 g/mol. The predicted molar refractivity (Wildman–Crippen MR) is 104 cm³/mol. The van der Waals surface area contributed by atoms with Crippen LogP contribution < -0.4 is 5.32 Å². The standard InChI is InChI=1S/C21H22FN3O3/c1-4-9-25-14(2)10-16(15(25)3)11-17(12-23)21(27)28-13-20(26)24-19-7-5-18(22)6-8-19/h5-8,10-11H,4,9,13H2,1-3H3,(H,24,26)/b17-11+. The summed E-state index contributed by atoms with van der Waals surface area (Å²) in [7, 11) is 0. The van der Waals surface area contributed by atoms with Crippen LogP contribution in [0.25, 0.3) is 6.08 Å². The van der Waals surface area contributed by atoms with Crippen LogP contribution in [0.4, 0.5) is 10.1 Å². The Balaban J connectivity index is 2.02. The van der Waals surface area contributed by atoms with Crippen LogP contribution in [-0.2, 0) is 20.9 Å². The van der Waals surface area contributed by atoms with E-state index in [9.17, 15) is 19.2 Å². The number of anilines is 1. The second kappa shape index (κ2) is 9.51. The fourth-order valence-electron chi connectivity index (χ4n) is 2.77. The Morgan fingerprint density at radius 3 is 2.57 bits per heavy atom. The number of aromatic nitrogens is 1. The summed E-state index contributed by atoms with van der Waals surface area (Å²) < 4.78 is 19.9. The molecule has 1 aromatic heterocycles. The van der Waals surface area contributed by atoms with Gasteiger partial charge in [0.1, 0.15) is 17.5 Å². The van der Waals surface area contributed by atoms with Crippen molar-refractivity contribution in [3.05, 3.63) is 58.7 Å². The largest absolute Gasteiger partial charge is 0.451 e. The number of carbonyl (C=O) groups is 2. The highest BCUT2D eigenvalue weighted by Gasteiger charge is 2.15. The molecule has 0 aliphatic carbocycles. The maximum absolute atomic E-state index is 12.9. The molecule has 0 bridgehead atoms. The molecule has 0 aliphatic rings. The van der Waals surface area contributed by atoms with Crippen LogP contribution in [0.1, 0.15) is 30.3 Å². The number of nitriles is 1. The van der Waals surface area contributed by atoms with Gasteiger partial charge in [0.15, 0.2) is 6.61 Å². The van der Waals surface area contributed by atoms with E-state index in [1.165, 1.54) is 30.3 Å². The van der Waals surface area contributed by atoms with E-state index in [-0.39, 0.29) is 5.57 Å². The zero-order valence-corrected chi connectivity index (χ0v) is 16.1. The van der Waals surface area contributed by atoms with Gasteiger partial charge < -0.3 is 14.6 Å². The summed E-state index contributed by atoms with van der Waals surface area (Å²) in [5.74, 6) is -1.89. The average molecular weight is 383 g/mol. The van der Waals surface area contributed by atoms with E-state index in [2.05, 4.69) is 16.8 Å². The van der Waals surface area contributed by atoms with Crippen molar-refractivity contribution in [2.24, 2.45) is 0 Å². The van der Waals surface area contributed by atoms with Crippen LogP contribution in [0.2, 0.25) is 0 Å². The fourth-order valence-corrected chi connectivity index (χ4v) is 2.77. The minimum atomic E-state index is -0.878. The van der Waals surface area contributed by atoms with Crippen molar-refractivity contribution in [2.75, 3.05) is 11.9 Å². The SMILES string of the molecule is CCCn1c(C)cc(/C=C(\C#N)C(=O)OCC(=O)Nc2ccc(F)cc2)c1C. The first-order valence-corrected chi connectivity index (χ1v) is 8.86. The molecular formula is C21H22FN3O3. The highest BCUT2D eigenvalue weighted by atomic mass is 19.1. The van der Waals surface area contributed by atoms with Gasteiger partial charge in [-0.2, -0.15) is 5.26 Å². The average Bonchev–Trinajstić information content (AvgIpc) is 2.93. The smallest absolute Gasteiger partial charge is 0.349 e. The molecule has 7 heteroatoms. The monoisotopic (exact) mass is 383 g/mol. The molecule has 2 aromatic rings. The van der Waals surface area contributed by atoms with E-state index in [0.717, 1.165) is 29.9 Å². The van der Waals surface area contributed by atoms with Crippen LogP contribution in [0, 0.1) is 31.0 Å². The third kappa shape index (κ3) is 5.30. The van der Waals surface area contributed by atoms with E-state index in [4.69, 9.17) is 4.74 Å². The molecule has 1 amide bonds. The lowest BCUT2D eigenvalue weighted by atomic mass is 10.1. The summed E-state index contributed by atoms with van der Waals surface area (Å²) in [5.41, 5.74) is 2.94. The maximum Gasteiger partial charge on any atom is 0.349 e. The Morgan fingerprint density at radius 1 is 1.29 bits per heavy atom. The summed E-state index contributed by atoms with van der Waals surface area (Å²) in [5, 5.41) is 11.8. The number of ether oxygens (including phenoxy) is 1. The molecule has 1 N–H and O–H groups in total. The number of esters is 1. The topological polar surface area (TPSA) is 84.1 Å². The van der Waals surface area contributed by atoms with Crippen molar-refractivity contribution >= 4 is 23.6 Å². The van der Waals surface area contributed by atoms with Gasteiger partial charge in [0.05, 0.1) is 0 Å². The lowest BCUT2D eigenvalue weighted by Gasteiger charge is -2.07. The summed E-state index contributed by atoms with van der Waals surface area (Å²) >= 11 is 0. The van der Waals surface area contributed by atoms with Crippen LogP contribution in [0.5, 0.6) is 0 Å². The quantitative estimate of drug-likeness (QED) is 0.448. The number of hydrogen-bond donors (Lipinski definition) is 1. The van der Waals surface area contributed by atoms with Gasteiger partial charge in [0.25, 0.3) is 5.91 Å². The minimum Gasteiger partial charge on any atom is -0.451 e. The Morgan fingerprint density at radius 2 is 1.96 bits per heavy atom. The lowest BCUT2D eigenvalue weighted by Crippen LogP contribution is -2.21. The van der Waals surface area contributed by atoms with E-state index >= 15 is 0 Å². The van der Waals surface area contributed by atoms with Gasteiger partial charge in [-0.05, 0) is 62.2 Å². The molecule has 0 aliphatic heterocycles. The van der Waals surface area contributed by atoms with Crippen molar-refractivity contribution in [1.82, 2.24) is 4.57 Å². The molecule has 1 aromatic carbocycles. The number of nitrogens with zero attached hydrogens (tertiary/aromatic N) is 2. The minimum absolute atomic E-state index is 0.189. The zero-order valence-electron chi connectivity index (χ0n) is 16.1. The Kier molecular flexibility index (Phi) is 7.10. The van der Waals surface area contributed by atoms with E-state index in [1.54, 1.807) is 0 Å². The van der Waals surface area contributed by atoms with Gasteiger partial charge in [-0.3, -0.25) is 4.79 Å². The first-order valence-electron chi connectivity index (χ1n) is 8.86. The number of aryl methyl sites for hydroxylation is 1. The molecule has 6 nitrogen and oxygen atoms in total. The Bertz CT molecular complexity index is 937. The van der Waals surface area contributed by atoms with Crippen LogP contribution in [0.15, 0.2) is 35.9 Å². The van der Waals surface area contributed by atoms with Crippen LogP contribution in [0.3, 0.4) is 0 Å². The lowest BCUT2D eigenvalue weighted by molar-refractivity contribution is -0.142. The van der Waals surface area contributed by atoms with Crippen molar-refractivity contribution in [2.45, 2.75) is 33.7 Å². The molecule has 0 saturated carbocycles. The number of rotatable bonds is 7. The van der Waals surface area contributed by atoms with Crippen molar-refractivity contribution in [1.29, 1.82) is 5.26 Å². The van der Waals surface area contributed by atoms with E-state index in [1.807, 2.05) is 26.0 Å². The van der Waals surface area contributed by atoms with Gasteiger partial charge in [0.2, 0.25) is 0 Å². The van der Waals surface area contributed by atoms with Gasteiger partial charge >= 0.3 is 5.97 Å². The molecule has 0 fully saturated rings. The molecule has 0 unspecified atom stereocenters. The third-order valence-corrected chi connectivity index (χ3v) is 4.16. The summed E-state index contributed by atoms with van der Waals surface area (Å²) in [6.45, 7) is 6.25. The number of halogens is 1. The predicted octanol–water partition coefficient (Wildman–Crippen LogP) is 3.74. The van der Waals surface area contributed by atoms with Crippen LogP contribution in [-0.4, -0.2) is 23.1 Å². The van der Waals surface area contributed by atoms with Crippen molar-refractivity contribution < 1.29 is 18.7 Å². The first-order chi connectivity index (χ1) is 13.3. The fraction of sp³-hybridized carbons (Fsp3) is 0.286. The number of benzene rings is 1. The number of carbonyl (C=O) groups excluding carboxylic acids is 2. The van der Waals surface area contributed by atoms with Crippen molar-refractivity contribution in [3.8, 4) is 6.07 Å². The van der Waals surface area contributed by atoms with E-state index in [0.29, 0.717) is 5.69 Å². The first kappa shape index (κ1) is 20.9. The summed E-state index contributed by atoms with van der Waals surface area (Å²) in [6.07, 6.45) is 2.44. The van der Waals surface area contributed by atoms with Gasteiger partial charge in [-0.1, -0.05) is 6.92 Å². The molecule has 0 spiro atoms. The van der Waals surface area contributed by atoms with E-state index < -0.39 is 24.3 Å². The third-order valence-electron chi connectivity index (χ3n) is 4.16. The normalized spacial score (nSPS) is 11.0. The Labute approximate surface area is 163 Å². The number of hydrogen-bond acceptors (Lipinski definition) is 4. The highest BCUT2D eigenvalue weighted by molar-refractivity contribution is 6.00. The molecule has 2 rings (SSSR count). The summed E-state index contributed by atoms with van der Waals surface area (Å²) in [6, 6.07) is 8.91. The highest BCUT2D eigenvalue weighted by Crippen LogP contribution is 2.19. The second-order valence-corrected chi connectivity index (χ2v) is 6.28. The number of nitrogens with one attached hydrogen (secondary N) is 1. The number of amides is 1. The maximum atomic E-state index is 12.9. The van der Waals surface area contributed by atoms with Crippen LogP contribution >= 0.6 is 0 Å². The molecule has 1 heterocycles. The molecule has 0 saturated heterocycles. The molecule has 146 valence electrons. The molecule has 0 radical (unpaired) electrons. The van der Waals surface area contributed by atoms with Gasteiger partial charge in [0, 0.05) is 23.6 Å². The molecule has 0 atom stereocenters. The van der Waals surface area contributed by atoms with Gasteiger partial charge in [-0.15, -0.1) is 0 Å². The Hall–Kier alpha value is -3.40. The zero-order chi connectivity index (χ0) is 20.7.